The first kappa shape index (κ1) is 16.9. The minimum atomic E-state index is 0.795. The van der Waals surface area contributed by atoms with Crippen molar-refractivity contribution in [1.82, 2.24) is 10.6 Å². The third-order valence-corrected chi connectivity index (χ3v) is 2.97. The monoisotopic (exact) mass is 243 g/mol. The summed E-state index contributed by atoms with van der Waals surface area (Å²) in [6, 6.07) is 0. The second-order valence-electron chi connectivity index (χ2n) is 4.76. The fraction of sp³-hybridized carbons (Fsp3) is 1.00. The Labute approximate surface area is 108 Å². The molecule has 0 saturated heterocycles. The zero-order valence-corrected chi connectivity index (χ0v) is 11.8. The molecule has 17 heavy (non-hydrogen) atoms. The number of nitrogens with one attached hydrogen (secondary N) is 2. The number of rotatable bonds is 14. The van der Waals surface area contributed by atoms with Crippen molar-refractivity contribution in [2.45, 2.75) is 58.3 Å². The number of nitrogens with two attached hydrogens (primary N) is 1. The Hall–Kier alpha value is -0.120. The van der Waals surface area contributed by atoms with Gasteiger partial charge in [0.1, 0.15) is 0 Å². The van der Waals surface area contributed by atoms with Crippen molar-refractivity contribution in [2.24, 2.45) is 5.73 Å². The summed E-state index contributed by atoms with van der Waals surface area (Å²) >= 11 is 0. The predicted octanol–water partition coefficient (Wildman–Crippen LogP) is 2.27. The smallest absolute Gasteiger partial charge is 0.00368 e. The van der Waals surface area contributed by atoms with Crippen LogP contribution < -0.4 is 16.4 Å². The molecule has 0 aliphatic heterocycles. The minimum Gasteiger partial charge on any atom is -0.330 e. The molecule has 0 atom stereocenters. The van der Waals surface area contributed by atoms with E-state index < -0.39 is 0 Å². The molecule has 0 aromatic carbocycles. The van der Waals surface area contributed by atoms with Crippen molar-refractivity contribution in [3.63, 3.8) is 0 Å². The summed E-state index contributed by atoms with van der Waals surface area (Å²) < 4.78 is 0. The lowest BCUT2D eigenvalue weighted by molar-refractivity contribution is 0.550. The van der Waals surface area contributed by atoms with E-state index in [-0.39, 0.29) is 0 Å². The molecule has 0 unspecified atom stereocenters. The Bertz CT molecular complexity index is 115. The Morgan fingerprint density at radius 1 is 0.647 bits per heavy atom. The van der Waals surface area contributed by atoms with Crippen molar-refractivity contribution in [2.75, 3.05) is 32.7 Å². The van der Waals surface area contributed by atoms with Crippen LogP contribution in [0.3, 0.4) is 0 Å². The van der Waals surface area contributed by atoms with Crippen LogP contribution in [0.5, 0.6) is 0 Å². The van der Waals surface area contributed by atoms with Gasteiger partial charge in [-0.2, -0.15) is 0 Å². The number of unbranched alkanes of at least 4 members (excludes halogenated alkanes) is 5. The third kappa shape index (κ3) is 15.9. The van der Waals surface area contributed by atoms with Gasteiger partial charge in [0.15, 0.2) is 0 Å². The average Bonchev–Trinajstić information content (AvgIpc) is 2.35. The molecule has 0 aromatic heterocycles. The lowest BCUT2D eigenvalue weighted by Crippen LogP contribution is -2.24. The molecule has 0 heterocycles. The first-order valence-corrected chi connectivity index (χ1v) is 7.53. The maximum Gasteiger partial charge on any atom is -0.00368 e. The highest BCUT2D eigenvalue weighted by Gasteiger charge is 1.91. The van der Waals surface area contributed by atoms with Gasteiger partial charge in [0.2, 0.25) is 0 Å². The Morgan fingerprint density at radius 2 is 1.18 bits per heavy atom. The first-order chi connectivity index (χ1) is 8.41. The highest BCUT2D eigenvalue weighted by molar-refractivity contribution is 4.53. The van der Waals surface area contributed by atoms with Crippen LogP contribution in [0.25, 0.3) is 0 Å². The van der Waals surface area contributed by atoms with Crippen LogP contribution in [-0.4, -0.2) is 32.7 Å². The van der Waals surface area contributed by atoms with Gasteiger partial charge in [0.05, 0.1) is 0 Å². The van der Waals surface area contributed by atoms with Gasteiger partial charge in [-0.25, -0.2) is 0 Å². The van der Waals surface area contributed by atoms with Crippen LogP contribution in [0.1, 0.15) is 58.3 Å². The van der Waals surface area contributed by atoms with Gasteiger partial charge in [-0.15, -0.1) is 0 Å². The zero-order chi connectivity index (χ0) is 12.6. The molecule has 0 aliphatic carbocycles. The van der Waals surface area contributed by atoms with E-state index in [0.717, 1.165) is 32.6 Å². The van der Waals surface area contributed by atoms with Crippen molar-refractivity contribution in [1.29, 1.82) is 0 Å². The lowest BCUT2D eigenvalue weighted by Gasteiger charge is -2.06. The molecule has 0 rings (SSSR count). The highest BCUT2D eigenvalue weighted by atomic mass is 14.9. The van der Waals surface area contributed by atoms with Crippen LogP contribution >= 0.6 is 0 Å². The summed E-state index contributed by atoms with van der Waals surface area (Å²) in [6.45, 7) is 7.57. The molecule has 3 nitrogen and oxygen atoms in total. The molecule has 0 aliphatic rings. The molecule has 0 fully saturated rings. The van der Waals surface area contributed by atoms with Gasteiger partial charge >= 0.3 is 0 Å². The van der Waals surface area contributed by atoms with Crippen molar-refractivity contribution in [3.05, 3.63) is 0 Å². The van der Waals surface area contributed by atoms with Crippen molar-refractivity contribution >= 4 is 0 Å². The second-order valence-corrected chi connectivity index (χ2v) is 4.76. The van der Waals surface area contributed by atoms with E-state index in [1.54, 1.807) is 0 Å². The zero-order valence-electron chi connectivity index (χ0n) is 11.8. The number of hydrogen-bond donors (Lipinski definition) is 3. The van der Waals surface area contributed by atoms with E-state index in [2.05, 4.69) is 17.6 Å². The van der Waals surface area contributed by atoms with E-state index >= 15 is 0 Å². The molecular formula is C14H33N3. The quantitative estimate of drug-likeness (QED) is 0.410. The minimum absolute atomic E-state index is 0.795. The maximum atomic E-state index is 5.42. The van der Waals surface area contributed by atoms with E-state index in [1.165, 1.54) is 51.5 Å². The van der Waals surface area contributed by atoms with Crippen LogP contribution in [-0.2, 0) is 0 Å². The van der Waals surface area contributed by atoms with Gasteiger partial charge in [-0.05, 0) is 52.0 Å². The Morgan fingerprint density at radius 3 is 1.82 bits per heavy atom. The fourth-order valence-electron chi connectivity index (χ4n) is 1.85. The molecule has 104 valence electrons. The summed E-state index contributed by atoms with van der Waals surface area (Å²) in [6.07, 6.45) is 10.6. The maximum absolute atomic E-state index is 5.42. The van der Waals surface area contributed by atoms with Gasteiger partial charge in [0, 0.05) is 0 Å². The van der Waals surface area contributed by atoms with Crippen LogP contribution in [0.2, 0.25) is 0 Å². The van der Waals surface area contributed by atoms with Crippen LogP contribution in [0.15, 0.2) is 0 Å². The van der Waals surface area contributed by atoms with Gasteiger partial charge in [-0.1, -0.05) is 39.0 Å². The van der Waals surface area contributed by atoms with E-state index in [9.17, 15) is 0 Å². The van der Waals surface area contributed by atoms with Gasteiger partial charge in [0.25, 0.3) is 0 Å². The van der Waals surface area contributed by atoms with Crippen LogP contribution in [0, 0.1) is 0 Å². The van der Waals surface area contributed by atoms with Crippen molar-refractivity contribution in [3.8, 4) is 0 Å². The van der Waals surface area contributed by atoms with Gasteiger partial charge < -0.3 is 16.4 Å². The molecule has 0 amide bonds. The number of hydrogen-bond acceptors (Lipinski definition) is 3. The summed E-state index contributed by atoms with van der Waals surface area (Å²) in [4.78, 5) is 0. The molecule has 0 bridgehead atoms. The molecule has 0 radical (unpaired) electrons. The largest absolute Gasteiger partial charge is 0.330 e. The summed E-state index contributed by atoms with van der Waals surface area (Å²) in [5.74, 6) is 0. The molecule has 0 spiro atoms. The highest BCUT2D eigenvalue weighted by Crippen LogP contribution is 2.03. The van der Waals surface area contributed by atoms with E-state index in [4.69, 9.17) is 5.73 Å². The van der Waals surface area contributed by atoms with Crippen molar-refractivity contribution < 1.29 is 0 Å². The summed E-state index contributed by atoms with van der Waals surface area (Å²) in [5, 5.41) is 6.89. The first-order valence-electron chi connectivity index (χ1n) is 7.53. The SMILES string of the molecule is CCCCCCCCNCCCNCCCN. The fourth-order valence-corrected chi connectivity index (χ4v) is 1.85. The van der Waals surface area contributed by atoms with E-state index in [1.807, 2.05) is 0 Å². The summed E-state index contributed by atoms with van der Waals surface area (Å²) in [5.41, 5.74) is 5.42. The molecule has 0 aromatic rings. The third-order valence-electron chi connectivity index (χ3n) is 2.97. The predicted molar refractivity (Wildman–Crippen MR) is 77.4 cm³/mol. The molecule has 0 saturated carbocycles. The van der Waals surface area contributed by atoms with E-state index in [0.29, 0.717) is 0 Å². The summed E-state index contributed by atoms with van der Waals surface area (Å²) in [7, 11) is 0. The van der Waals surface area contributed by atoms with Crippen LogP contribution in [0.4, 0.5) is 0 Å². The average molecular weight is 243 g/mol. The topological polar surface area (TPSA) is 50.1 Å². The molecular weight excluding hydrogens is 210 g/mol. The standard InChI is InChI=1S/C14H33N3/c1-2-3-4-5-6-7-11-16-13-9-14-17-12-8-10-15/h16-17H,2-15H2,1H3. The Balaban J connectivity index is 2.85. The lowest BCUT2D eigenvalue weighted by atomic mass is 10.1. The Kier molecular flexibility index (Phi) is 15.8. The second kappa shape index (κ2) is 15.9. The molecule has 3 heteroatoms. The van der Waals surface area contributed by atoms with Gasteiger partial charge in [-0.3, -0.25) is 0 Å². The normalized spacial score (nSPS) is 10.9. The molecule has 4 N–H and O–H groups in total.